The second-order valence-corrected chi connectivity index (χ2v) is 12.6. The van der Waals surface area contributed by atoms with E-state index in [1.807, 2.05) is 120 Å². The number of hydrogen-bond donors (Lipinski definition) is 0. The smallest absolute Gasteiger partial charge is 0.0645 e. The second kappa shape index (κ2) is 13.3. The van der Waals surface area contributed by atoms with Crippen molar-refractivity contribution in [3.8, 4) is 44.5 Å². The zero-order valence-corrected chi connectivity index (χ0v) is 27.8. The molecule has 9 aromatic carbocycles. The van der Waals surface area contributed by atoms with E-state index in [4.69, 9.17) is 0 Å². The van der Waals surface area contributed by atoms with E-state index in [9.17, 15) is 5.48 Å². The predicted octanol–water partition coefficient (Wildman–Crippen LogP) is 14.1. The molecule has 0 aliphatic heterocycles. The van der Waals surface area contributed by atoms with Gasteiger partial charge < -0.3 is 4.90 Å². The number of hydrogen-bond acceptors (Lipinski definition) is 1. The van der Waals surface area contributed by atoms with Gasteiger partial charge in [-0.25, -0.2) is 0 Å². The molecule has 0 radical (unpaired) electrons. The molecule has 1 heteroatoms. The first kappa shape index (κ1) is 26.2. The lowest BCUT2D eigenvalue weighted by Gasteiger charge is -2.27. The maximum Gasteiger partial charge on any atom is 0.0645 e. The summed E-state index contributed by atoms with van der Waals surface area (Å²) in [5, 5.41) is 4.24. The molecule has 0 amide bonds. The van der Waals surface area contributed by atoms with Crippen molar-refractivity contribution in [2.45, 2.75) is 0 Å². The topological polar surface area (TPSA) is 3.24 Å². The molecular formula is C50H35N. The standard InChI is InChI=1S/C50H35N/c1-3-13-36(14-4-1)42-20-11-21-43(35-42)37-25-30-44(31-26-37)51(49-24-12-19-38-17-7-9-22-46(38)49)45-32-27-41(28-33-45)50-47-23-10-8-18-40(47)29-34-48(50)39-15-5-2-6-16-39/h1-35H/i25D,26D,30D,31D. The molecule has 0 aliphatic carbocycles. The highest BCUT2D eigenvalue weighted by molar-refractivity contribution is 6.05. The largest absolute Gasteiger partial charge is 0.310 e. The summed E-state index contributed by atoms with van der Waals surface area (Å²) in [6.07, 6.45) is 0. The highest BCUT2D eigenvalue weighted by Crippen LogP contribution is 2.43. The maximum absolute atomic E-state index is 9.54. The Kier molecular flexibility index (Phi) is 6.84. The van der Waals surface area contributed by atoms with Gasteiger partial charge in [0.2, 0.25) is 0 Å². The summed E-state index contributed by atoms with van der Waals surface area (Å²) in [4.78, 5) is 1.89. The lowest BCUT2D eigenvalue weighted by Crippen LogP contribution is -2.10. The normalized spacial score (nSPS) is 12.2. The SMILES string of the molecule is [2H]c1c([2H])c(N(c2ccc(-c3c(-c4ccccc4)ccc4ccccc34)cc2)c2cccc3ccccc23)c([2H])c([2H])c1-c1cccc(-c2ccccc2)c1. The minimum Gasteiger partial charge on any atom is -0.310 e. The molecule has 0 saturated heterocycles. The first-order valence-electron chi connectivity index (χ1n) is 19.2. The van der Waals surface area contributed by atoms with Crippen LogP contribution >= 0.6 is 0 Å². The minimum absolute atomic E-state index is 0.0914. The van der Waals surface area contributed by atoms with Crippen molar-refractivity contribution in [1.29, 1.82) is 0 Å². The van der Waals surface area contributed by atoms with Crippen molar-refractivity contribution in [2.24, 2.45) is 0 Å². The molecule has 0 aliphatic rings. The van der Waals surface area contributed by atoms with Gasteiger partial charge in [-0.05, 0) is 97.0 Å². The molecule has 0 fully saturated rings. The van der Waals surface area contributed by atoms with Gasteiger partial charge in [0.15, 0.2) is 0 Å². The Bertz CT molecular complexity index is 2820. The van der Waals surface area contributed by atoms with Crippen LogP contribution < -0.4 is 4.90 Å². The van der Waals surface area contributed by atoms with Crippen molar-refractivity contribution in [3.63, 3.8) is 0 Å². The van der Waals surface area contributed by atoms with E-state index in [2.05, 4.69) is 72.8 Å². The molecule has 0 spiro atoms. The van der Waals surface area contributed by atoms with Gasteiger partial charge in [0.1, 0.15) is 0 Å². The van der Waals surface area contributed by atoms with Crippen LogP contribution in [0.3, 0.4) is 0 Å². The fraction of sp³-hybridized carbons (Fsp3) is 0. The summed E-state index contributed by atoms with van der Waals surface area (Å²) in [7, 11) is 0. The van der Waals surface area contributed by atoms with Crippen LogP contribution in [-0.4, -0.2) is 0 Å². The Morgan fingerprint density at radius 1 is 0.333 bits per heavy atom. The summed E-state index contributed by atoms with van der Waals surface area (Å²) in [5.74, 6) is 0. The Morgan fingerprint density at radius 2 is 0.882 bits per heavy atom. The van der Waals surface area contributed by atoms with Crippen LogP contribution in [-0.2, 0) is 0 Å². The average molecular weight is 654 g/mol. The van der Waals surface area contributed by atoms with E-state index < -0.39 is 0 Å². The summed E-state index contributed by atoms with van der Waals surface area (Å²) in [6, 6.07) is 62.8. The van der Waals surface area contributed by atoms with Crippen molar-refractivity contribution in [1.82, 2.24) is 0 Å². The van der Waals surface area contributed by atoms with Crippen molar-refractivity contribution >= 4 is 38.6 Å². The molecule has 51 heavy (non-hydrogen) atoms. The van der Waals surface area contributed by atoms with Crippen LogP contribution in [0.4, 0.5) is 17.1 Å². The molecule has 9 aromatic rings. The summed E-state index contributed by atoms with van der Waals surface area (Å²) in [5.41, 5.74) is 8.96. The van der Waals surface area contributed by atoms with Crippen LogP contribution in [0.5, 0.6) is 0 Å². The number of benzene rings is 9. The van der Waals surface area contributed by atoms with Gasteiger partial charge in [0.25, 0.3) is 0 Å². The highest BCUT2D eigenvalue weighted by atomic mass is 15.1. The van der Waals surface area contributed by atoms with E-state index in [0.717, 1.165) is 66.3 Å². The summed E-state index contributed by atoms with van der Waals surface area (Å²) < 4.78 is 37.8. The molecule has 0 aromatic heterocycles. The molecular weight excluding hydrogens is 615 g/mol. The van der Waals surface area contributed by atoms with Gasteiger partial charge in [-0.2, -0.15) is 0 Å². The lowest BCUT2D eigenvalue weighted by molar-refractivity contribution is 1.30. The van der Waals surface area contributed by atoms with Crippen molar-refractivity contribution < 1.29 is 5.48 Å². The van der Waals surface area contributed by atoms with E-state index in [-0.39, 0.29) is 35.4 Å². The Labute approximate surface area is 305 Å². The zero-order valence-electron chi connectivity index (χ0n) is 31.8. The average Bonchev–Trinajstić information content (AvgIpc) is 3.25. The monoisotopic (exact) mass is 653 g/mol. The number of nitrogens with zero attached hydrogens (tertiary/aromatic N) is 1. The zero-order chi connectivity index (χ0) is 37.5. The predicted molar refractivity (Wildman–Crippen MR) is 218 cm³/mol. The van der Waals surface area contributed by atoms with E-state index in [1.54, 1.807) is 0 Å². The van der Waals surface area contributed by atoms with Gasteiger partial charge in [-0.1, -0.05) is 176 Å². The fourth-order valence-corrected chi connectivity index (χ4v) is 7.06. The van der Waals surface area contributed by atoms with Gasteiger partial charge in [0.05, 0.1) is 11.2 Å². The molecule has 0 saturated carbocycles. The molecule has 0 N–H and O–H groups in total. The van der Waals surface area contributed by atoms with Crippen LogP contribution in [0.1, 0.15) is 5.48 Å². The first-order valence-corrected chi connectivity index (χ1v) is 17.2. The maximum atomic E-state index is 9.54. The Balaban J connectivity index is 1.24. The van der Waals surface area contributed by atoms with Gasteiger partial charge in [-0.3, -0.25) is 0 Å². The Hall–Kier alpha value is -6.70. The quantitative estimate of drug-likeness (QED) is 0.165. The van der Waals surface area contributed by atoms with Crippen molar-refractivity contribution in [3.05, 3.63) is 212 Å². The number of anilines is 3. The molecule has 1 nitrogen and oxygen atoms in total. The van der Waals surface area contributed by atoms with Crippen LogP contribution in [0, 0.1) is 0 Å². The highest BCUT2D eigenvalue weighted by Gasteiger charge is 2.17. The summed E-state index contributed by atoms with van der Waals surface area (Å²) in [6.45, 7) is 0. The third kappa shape index (κ3) is 5.86. The van der Waals surface area contributed by atoms with Gasteiger partial charge >= 0.3 is 0 Å². The van der Waals surface area contributed by atoms with Crippen LogP contribution in [0.25, 0.3) is 66.1 Å². The first-order chi connectivity index (χ1) is 27.0. The molecule has 0 unspecified atom stereocenters. The van der Waals surface area contributed by atoms with Crippen molar-refractivity contribution in [2.75, 3.05) is 4.90 Å². The van der Waals surface area contributed by atoms with Gasteiger partial charge in [-0.15, -0.1) is 0 Å². The third-order valence-corrected chi connectivity index (χ3v) is 9.53. The van der Waals surface area contributed by atoms with E-state index in [1.165, 1.54) is 0 Å². The minimum atomic E-state index is -0.112. The molecule has 240 valence electrons. The van der Waals surface area contributed by atoms with E-state index >= 15 is 0 Å². The second-order valence-electron chi connectivity index (χ2n) is 12.6. The Morgan fingerprint density at radius 3 is 1.61 bits per heavy atom. The van der Waals surface area contributed by atoms with Gasteiger partial charge in [0, 0.05) is 16.8 Å². The van der Waals surface area contributed by atoms with E-state index in [0.29, 0.717) is 5.56 Å². The number of rotatable bonds is 7. The molecule has 9 rings (SSSR count). The third-order valence-electron chi connectivity index (χ3n) is 9.53. The molecule has 0 heterocycles. The lowest BCUT2D eigenvalue weighted by atomic mass is 9.89. The molecule has 0 atom stereocenters. The van der Waals surface area contributed by atoms with Crippen LogP contribution in [0.15, 0.2) is 212 Å². The molecule has 0 bridgehead atoms. The number of fused-ring (bicyclic) bond motifs is 2. The summed E-state index contributed by atoms with van der Waals surface area (Å²) >= 11 is 0. The fourth-order valence-electron chi connectivity index (χ4n) is 7.06. The van der Waals surface area contributed by atoms with Crippen LogP contribution in [0.2, 0.25) is 0 Å².